The first-order valence-electron chi connectivity index (χ1n) is 7.39. The van der Waals surface area contributed by atoms with Crippen LogP contribution in [0.1, 0.15) is 29.4 Å². The van der Waals surface area contributed by atoms with Gasteiger partial charge >= 0.3 is 0 Å². The van der Waals surface area contributed by atoms with Crippen LogP contribution in [-0.2, 0) is 0 Å². The number of hydrogen-bond donors (Lipinski definition) is 0. The van der Waals surface area contributed by atoms with Gasteiger partial charge in [0.25, 0.3) is 11.5 Å². The number of thiophene rings is 1. The van der Waals surface area contributed by atoms with Crippen molar-refractivity contribution in [2.75, 3.05) is 13.1 Å². The molecule has 0 N–H and O–H groups in total. The van der Waals surface area contributed by atoms with Gasteiger partial charge in [-0.1, -0.05) is 5.21 Å². The van der Waals surface area contributed by atoms with E-state index in [4.69, 9.17) is 4.42 Å². The van der Waals surface area contributed by atoms with Gasteiger partial charge in [-0.2, -0.15) is 0 Å². The van der Waals surface area contributed by atoms with Crippen LogP contribution in [-0.4, -0.2) is 38.9 Å². The van der Waals surface area contributed by atoms with Gasteiger partial charge in [0.05, 0.1) is 12.3 Å². The fourth-order valence-electron chi connectivity index (χ4n) is 2.89. The van der Waals surface area contributed by atoms with Crippen molar-refractivity contribution >= 4 is 27.5 Å². The molecule has 1 aliphatic heterocycles. The zero-order chi connectivity index (χ0) is 15.8. The molecule has 0 atom stereocenters. The van der Waals surface area contributed by atoms with Crippen molar-refractivity contribution in [3.8, 4) is 0 Å². The molecular formula is C15H14N4O3S. The molecule has 3 aromatic rings. The Morgan fingerprint density at radius 1 is 1.30 bits per heavy atom. The van der Waals surface area contributed by atoms with Crippen LogP contribution < -0.4 is 5.56 Å². The molecule has 7 nitrogen and oxygen atoms in total. The molecule has 3 aromatic heterocycles. The van der Waals surface area contributed by atoms with Gasteiger partial charge in [-0.25, -0.2) is 4.68 Å². The van der Waals surface area contributed by atoms with Gasteiger partial charge in [-0.05, 0) is 36.4 Å². The minimum absolute atomic E-state index is 0.0258. The lowest BCUT2D eigenvalue weighted by atomic mass is 10.0. The van der Waals surface area contributed by atoms with Crippen molar-refractivity contribution in [2.45, 2.75) is 18.9 Å². The van der Waals surface area contributed by atoms with Gasteiger partial charge in [0.2, 0.25) is 0 Å². The summed E-state index contributed by atoms with van der Waals surface area (Å²) in [6, 6.07) is 5.13. The minimum Gasteiger partial charge on any atom is -0.459 e. The highest BCUT2D eigenvalue weighted by atomic mass is 32.1. The summed E-state index contributed by atoms with van der Waals surface area (Å²) in [6.45, 7) is 1.14. The van der Waals surface area contributed by atoms with E-state index in [1.165, 1.54) is 22.3 Å². The van der Waals surface area contributed by atoms with E-state index in [-0.39, 0.29) is 17.5 Å². The Hall–Kier alpha value is -2.48. The number of piperidine rings is 1. The Morgan fingerprint density at radius 2 is 2.13 bits per heavy atom. The lowest BCUT2D eigenvalue weighted by molar-refractivity contribution is 0.0655. The van der Waals surface area contributed by atoms with Crippen LogP contribution in [0.5, 0.6) is 0 Å². The molecule has 0 radical (unpaired) electrons. The molecule has 4 heterocycles. The van der Waals surface area contributed by atoms with Crippen LogP contribution in [0.3, 0.4) is 0 Å². The minimum atomic E-state index is -0.111. The number of hydrogen-bond acceptors (Lipinski definition) is 6. The Morgan fingerprint density at radius 3 is 2.87 bits per heavy atom. The molecule has 23 heavy (non-hydrogen) atoms. The molecule has 0 unspecified atom stereocenters. The number of carbonyl (C=O) groups is 1. The standard InChI is InChI=1S/C15H14N4O3S/c20-14(12-2-1-8-22-12)18-6-3-10(4-7-18)19-15(21)13-11(16-17-19)5-9-23-13/h1-2,5,8-10H,3-4,6-7H2. The fourth-order valence-corrected chi connectivity index (χ4v) is 3.65. The molecule has 0 bridgehead atoms. The Labute approximate surface area is 135 Å². The number of aromatic nitrogens is 3. The summed E-state index contributed by atoms with van der Waals surface area (Å²) in [7, 11) is 0. The van der Waals surface area contributed by atoms with E-state index in [1.54, 1.807) is 23.1 Å². The molecule has 1 aliphatic rings. The first kappa shape index (κ1) is 14.1. The van der Waals surface area contributed by atoms with E-state index in [2.05, 4.69) is 10.3 Å². The second-order valence-corrected chi connectivity index (χ2v) is 6.39. The fraction of sp³-hybridized carbons (Fsp3) is 0.333. The molecule has 8 heteroatoms. The highest BCUT2D eigenvalue weighted by Gasteiger charge is 2.27. The lowest BCUT2D eigenvalue weighted by Gasteiger charge is -2.31. The molecular weight excluding hydrogens is 316 g/mol. The number of amides is 1. The molecule has 0 saturated carbocycles. The Bertz CT molecular complexity index is 891. The number of carbonyl (C=O) groups excluding carboxylic acids is 1. The smallest absolute Gasteiger partial charge is 0.289 e. The lowest BCUT2D eigenvalue weighted by Crippen LogP contribution is -2.41. The van der Waals surface area contributed by atoms with E-state index >= 15 is 0 Å². The van der Waals surface area contributed by atoms with Crippen LogP contribution in [0.25, 0.3) is 10.2 Å². The number of rotatable bonds is 2. The quantitative estimate of drug-likeness (QED) is 0.717. The topological polar surface area (TPSA) is 81.2 Å². The normalized spacial score (nSPS) is 16.1. The van der Waals surface area contributed by atoms with Crippen molar-refractivity contribution in [1.82, 2.24) is 19.9 Å². The van der Waals surface area contributed by atoms with Gasteiger partial charge in [-0.15, -0.1) is 16.4 Å². The van der Waals surface area contributed by atoms with Crippen LogP contribution >= 0.6 is 11.3 Å². The summed E-state index contributed by atoms with van der Waals surface area (Å²) in [6.07, 6.45) is 2.85. The van der Waals surface area contributed by atoms with Crippen molar-refractivity contribution in [3.63, 3.8) is 0 Å². The van der Waals surface area contributed by atoms with Gasteiger partial charge < -0.3 is 9.32 Å². The molecule has 1 fully saturated rings. The third-order valence-corrected chi connectivity index (χ3v) is 5.02. The van der Waals surface area contributed by atoms with E-state index in [9.17, 15) is 9.59 Å². The molecule has 1 saturated heterocycles. The van der Waals surface area contributed by atoms with E-state index in [1.807, 2.05) is 5.38 Å². The molecule has 0 aliphatic carbocycles. The van der Waals surface area contributed by atoms with Crippen molar-refractivity contribution in [2.24, 2.45) is 0 Å². The monoisotopic (exact) mass is 330 g/mol. The molecule has 118 valence electrons. The summed E-state index contributed by atoms with van der Waals surface area (Å²) < 4.78 is 7.25. The van der Waals surface area contributed by atoms with Gasteiger partial charge in [0, 0.05) is 13.1 Å². The predicted molar refractivity (Wildman–Crippen MR) is 84.6 cm³/mol. The largest absolute Gasteiger partial charge is 0.459 e. The number of furan rings is 1. The van der Waals surface area contributed by atoms with E-state index in [0.29, 0.717) is 41.9 Å². The number of fused-ring (bicyclic) bond motifs is 1. The second-order valence-electron chi connectivity index (χ2n) is 5.47. The zero-order valence-electron chi connectivity index (χ0n) is 12.2. The average Bonchev–Trinajstić information content (AvgIpc) is 3.27. The van der Waals surface area contributed by atoms with Gasteiger partial charge in [-0.3, -0.25) is 9.59 Å². The summed E-state index contributed by atoms with van der Waals surface area (Å²) in [5, 5.41) is 10.0. The van der Waals surface area contributed by atoms with Crippen molar-refractivity contribution in [3.05, 3.63) is 46.0 Å². The highest BCUT2D eigenvalue weighted by molar-refractivity contribution is 7.17. The van der Waals surface area contributed by atoms with Crippen molar-refractivity contribution < 1.29 is 9.21 Å². The maximum atomic E-state index is 12.5. The van der Waals surface area contributed by atoms with Crippen LogP contribution in [0.2, 0.25) is 0 Å². The summed E-state index contributed by atoms with van der Waals surface area (Å²) >= 11 is 1.38. The van der Waals surface area contributed by atoms with E-state index in [0.717, 1.165) is 0 Å². The third kappa shape index (κ3) is 2.44. The zero-order valence-corrected chi connectivity index (χ0v) is 13.0. The highest BCUT2D eigenvalue weighted by Crippen LogP contribution is 2.23. The predicted octanol–water partition coefficient (Wildman–Crippen LogP) is 1.92. The van der Waals surface area contributed by atoms with Gasteiger partial charge in [0.1, 0.15) is 10.2 Å². The summed E-state index contributed by atoms with van der Waals surface area (Å²) in [5.41, 5.74) is 0.544. The Balaban J connectivity index is 1.51. The molecule has 0 spiro atoms. The number of likely N-dealkylation sites (tertiary alicyclic amines) is 1. The first-order valence-corrected chi connectivity index (χ1v) is 8.27. The van der Waals surface area contributed by atoms with E-state index < -0.39 is 0 Å². The molecule has 1 amide bonds. The maximum Gasteiger partial charge on any atom is 0.289 e. The molecule has 0 aromatic carbocycles. The first-order chi connectivity index (χ1) is 11.2. The third-order valence-electron chi connectivity index (χ3n) is 4.13. The maximum absolute atomic E-state index is 12.5. The second kappa shape index (κ2) is 5.62. The molecule has 4 rings (SSSR count). The SMILES string of the molecule is O=C(c1ccco1)N1CCC(n2nnc3ccsc3c2=O)CC1. The van der Waals surface area contributed by atoms with Crippen LogP contribution in [0.4, 0.5) is 0 Å². The van der Waals surface area contributed by atoms with Gasteiger partial charge in [0.15, 0.2) is 5.76 Å². The summed E-state index contributed by atoms with van der Waals surface area (Å²) in [4.78, 5) is 26.5. The number of nitrogens with zero attached hydrogens (tertiary/aromatic N) is 4. The summed E-state index contributed by atoms with van der Waals surface area (Å²) in [5.74, 6) is 0.237. The van der Waals surface area contributed by atoms with Crippen LogP contribution in [0, 0.1) is 0 Å². The Kier molecular flexibility index (Phi) is 3.45. The van der Waals surface area contributed by atoms with Crippen molar-refractivity contribution in [1.29, 1.82) is 0 Å². The average molecular weight is 330 g/mol. The van der Waals surface area contributed by atoms with Crippen LogP contribution in [0.15, 0.2) is 39.1 Å².